The van der Waals surface area contributed by atoms with Crippen molar-refractivity contribution in [2.24, 2.45) is 0 Å². The van der Waals surface area contributed by atoms with Gasteiger partial charge >= 0.3 is 11.9 Å². The molecule has 2 aliphatic heterocycles. The summed E-state index contributed by atoms with van der Waals surface area (Å²) in [4.78, 5) is 25.9. The molecule has 0 radical (unpaired) electrons. The van der Waals surface area contributed by atoms with Crippen LogP contribution in [-0.2, 0) is 38.0 Å². The quantitative estimate of drug-likeness (QED) is 0.0171. The van der Waals surface area contributed by atoms with E-state index in [-0.39, 0.29) is 26.1 Å². The molecule has 0 saturated carbocycles. The first kappa shape index (κ1) is 65.8. The lowest BCUT2D eigenvalue weighted by Crippen LogP contribution is -2.61. The van der Waals surface area contributed by atoms with Crippen LogP contribution in [0.4, 0.5) is 0 Å². The summed E-state index contributed by atoms with van der Waals surface area (Å²) in [5, 5.41) is 72.2. The van der Waals surface area contributed by atoms with Crippen LogP contribution >= 0.6 is 0 Å². The Labute approximate surface area is 434 Å². The first-order valence-electron chi connectivity index (χ1n) is 28.6. The van der Waals surface area contributed by atoms with Gasteiger partial charge in [0.05, 0.1) is 19.8 Å². The van der Waals surface area contributed by atoms with Crippen molar-refractivity contribution >= 4 is 11.9 Å². The van der Waals surface area contributed by atoms with Gasteiger partial charge in [-0.1, -0.05) is 198 Å². The zero-order valence-corrected chi connectivity index (χ0v) is 44.7. The average Bonchev–Trinajstić information content (AvgIpc) is 3.37. The molecule has 0 aromatic heterocycles. The van der Waals surface area contributed by atoms with E-state index in [2.05, 4.69) is 50.3 Å². The van der Waals surface area contributed by atoms with E-state index >= 15 is 0 Å². The van der Waals surface area contributed by atoms with Gasteiger partial charge in [0, 0.05) is 12.8 Å². The summed E-state index contributed by atoms with van der Waals surface area (Å²) in [6.45, 7) is 2.49. The van der Waals surface area contributed by atoms with E-state index in [0.29, 0.717) is 12.8 Å². The minimum absolute atomic E-state index is 0.147. The average molecular weight is 1030 g/mol. The van der Waals surface area contributed by atoms with Gasteiger partial charge in [-0.25, -0.2) is 0 Å². The van der Waals surface area contributed by atoms with Crippen LogP contribution in [0, 0.1) is 0 Å². The van der Waals surface area contributed by atoms with Crippen molar-refractivity contribution in [3.8, 4) is 0 Å². The number of carbonyl (C=O) groups excluding carboxylic acids is 2. The van der Waals surface area contributed by atoms with Gasteiger partial charge in [-0.15, -0.1) is 0 Å². The van der Waals surface area contributed by atoms with Gasteiger partial charge in [-0.3, -0.25) is 9.59 Å². The van der Waals surface area contributed by atoms with Crippen molar-refractivity contribution in [1.82, 2.24) is 0 Å². The first-order valence-corrected chi connectivity index (χ1v) is 28.6. The fourth-order valence-electron chi connectivity index (χ4n) is 9.00. The molecule has 7 N–H and O–H groups in total. The van der Waals surface area contributed by atoms with Gasteiger partial charge in [0.1, 0.15) is 55.4 Å². The van der Waals surface area contributed by atoms with Crippen LogP contribution in [0.5, 0.6) is 0 Å². The van der Waals surface area contributed by atoms with Crippen molar-refractivity contribution in [1.29, 1.82) is 0 Å². The lowest BCUT2D eigenvalue weighted by atomic mass is 9.98. The molecule has 2 fully saturated rings. The number of hydrogen-bond donors (Lipinski definition) is 7. The molecule has 0 bridgehead atoms. The Morgan fingerprint density at radius 2 is 0.875 bits per heavy atom. The molecule has 2 heterocycles. The van der Waals surface area contributed by atoms with Crippen molar-refractivity contribution in [2.45, 2.75) is 287 Å². The highest BCUT2D eigenvalue weighted by atomic mass is 16.7. The van der Waals surface area contributed by atoms with Gasteiger partial charge in [0.15, 0.2) is 18.7 Å². The summed E-state index contributed by atoms with van der Waals surface area (Å²) in [5.74, 6) is -0.936. The Hall–Kier alpha value is -2.28. The summed E-state index contributed by atoms with van der Waals surface area (Å²) < 4.78 is 33.7. The number of rotatable bonds is 45. The number of ether oxygens (including phenoxy) is 6. The lowest BCUT2D eigenvalue weighted by molar-refractivity contribution is -0.332. The van der Waals surface area contributed by atoms with E-state index in [9.17, 15) is 45.3 Å². The highest BCUT2D eigenvalue weighted by Crippen LogP contribution is 2.27. The Kier molecular flexibility index (Phi) is 40.1. The van der Waals surface area contributed by atoms with E-state index < -0.39 is 92.7 Å². The van der Waals surface area contributed by atoms with Crippen molar-refractivity contribution in [3.05, 3.63) is 36.5 Å². The second-order valence-electron chi connectivity index (χ2n) is 20.1. The second-order valence-corrected chi connectivity index (χ2v) is 20.1. The molecule has 0 aromatic carbocycles. The SMILES string of the molecule is CC/C=C\C/C=C\C/C=C\CCCCCCCC(=O)OC(COC(=O)CCCCCCCCCCCCCCCCCCCCCCC)COC1OC(COC2OC(CO)C(O)C(O)C2O)C(O)C(O)C1O. The summed E-state index contributed by atoms with van der Waals surface area (Å²) >= 11 is 0. The molecule has 0 aromatic rings. The third-order valence-corrected chi connectivity index (χ3v) is 13.6. The topological polar surface area (TPSA) is 231 Å². The molecule has 420 valence electrons. The predicted molar refractivity (Wildman–Crippen MR) is 280 cm³/mol. The summed E-state index contributed by atoms with van der Waals surface area (Å²) in [6, 6.07) is 0. The molecular formula is C57H102O15. The molecule has 72 heavy (non-hydrogen) atoms. The maximum Gasteiger partial charge on any atom is 0.306 e. The Balaban J connectivity index is 1.74. The molecule has 15 heteroatoms. The third kappa shape index (κ3) is 30.9. The zero-order valence-electron chi connectivity index (χ0n) is 44.7. The number of aliphatic hydroxyl groups excluding tert-OH is 7. The fraction of sp³-hybridized carbons (Fsp3) is 0.860. The first-order chi connectivity index (χ1) is 35.0. The fourth-order valence-corrected chi connectivity index (χ4v) is 9.00. The number of allylic oxidation sites excluding steroid dienone is 6. The minimum Gasteiger partial charge on any atom is -0.462 e. The van der Waals surface area contributed by atoms with Crippen LogP contribution in [0.25, 0.3) is 0 Å². The van der Waals surface area contributed by atoms with E-state index in [0.717, 1.165) is 70.6 Å². The van der Waals surface area contributed by atoms with Crippen LogP contribution in [0.1, 0.15) is 219 Å². The largest absolute Gasteiger partial charge is 0.462 e. The van der Waals surface area contributed by atoms with Gasteiger partial charge in [-0.05, 0) is 44.9 Å². The Morgan fingerprint density at radius 1 is 0.458 bits per heavy atom. The molecule has 11 unspecified atom stereocenters. The molecule has 0 spiro atoms. The van der Waals surface area contributed by atoms with Crippen molar-refractivity contribution < 1.29 is 73.8 Å². The standard InChI is InChI=1S/C57H102O15/c1-3-5-7-9-11-13-15-17-19-20-21-22-23-24-26-27-29-31-33-35-37-39-48(59)67-42-45(70-49(60)40-38-36-34-32-30-28-25-18-16-14-12-10-8-6-4-2)43-68-56-55(66)53(64)51(62)47(72-56)44-69-57-54(65)52(63)50(61)46(41-58)71-57/h6,8,12,14,18,25,45-47,50-58,61-66H,3-5,7,9-11,13,15-17,19-24,26-44H2,1-2H3/b8-6-,14-12-,25-18-. The lowest BCUT2D eigenvalue weighted by Gasteiger charge is -2.42. The second kappa shape index (κ2) is 43.9. The van der Waals surface area contributed by atoms with Crippen molar-refractivity contribution in [2.75, 3.05) is 26.4 Å². The van der Waals surface area contributed by atoms with Crippen LogP contribution in [0.3, 0.4) is 0 Å². The van der Waals surface area contributed by atoms with E-state index in [1.807, 2.05) is 0 Å². The number of aliphatic hydroxyl groups is 7. The zero-order chi connectivity index (χ0) is 52.4. The van der Waals surface area contributed by atoms with Crippen LogP contribution in [0.2, 0.25) is 0 Å². The third-order valence-electron chi connectivity index (χ3n) is 13.6. The molecular weight excluding hydrogens is 925 g/mol. The molecule has 2 saturated heterocycles. The molecule has 2 rings (SSSR count). The normalized spacial score (nSPS) is 25.2. The highest BCUT2D eigenvalue weighted by Gasteiger charge is 2.47. The predicted octanol–water partition coefficient (Wildman–Crippen LogP) is 9.27. The maximum absolute atomic E-state index is 13.0. The van der Waals surface area contributed by atoms with Crippen molar-refractivity contribution in [3.63, 3.8) is 0 Å². The Bertz CT molecular complexity index is 1390. The Morgan fingerprint density at radius 3 is 1.38 bits per heavy atom. The molecule has 2 aliphatic rings. The number of carbonyl (C=O) groups is 2. The highest BCUT2D eigenvalue weighted by molar-refractivity contribution is 5.70. The maximum atomic E-state index is 13.0. The van der Waals surface area contributed by atoms with Gasteiger partial charge in [-0.2, -0.15) is 0 Å². The van der Waals surface area contributed by atoms with E-state index in [1.165, 1.54) is 109 Å². The molecule has 0 aliphatic carbocycles. The van der Waals surface area contributed by atoms with Crippen LogP contribution < -0.4 is 0 Å². The van der Waals surface area contributed by atoms with E-state index in [4.69, 9.17) is 28.4 Å². The van der Waals surface area contributed by atoms with Gasteiger partial charge in [0.25, 0.3) is 0 Å². The van der Waals surface area contributed by atoms with Gasteiger partial charge < -0.3 is 64.2 Å². The summed E-state index contributed by atoms with van der Waals surface area (Å²) in [6.07, 6.45) is 31.7. The smallest absolute Gasteiger partial charge is 0.306 e. The van der Waals surface area contributed by atoms with E-state index in [1.54, 1.807) is 0 Å². The minimum atomic E-state index is -1.77. The molecule has 11 atom stereocenters. The van der Waals surface area contributed by atoms with Crippen LogP contribution in [-0.4, -0.2) is 142 Å². The number of esters is 2. The summed E-state index contributed by atoms with van der Waals surface area (Å²) in [7, 11) is 0. The number of unbranched alkanes of at least 4 members (excludes halogenated alkanes) is 25. The number of hydrogen-bond acceptors (Lipinski definition) is 15. The van der Waals surface area contributed by atoms with Crippen LogP contribution in [0.15, 0.2) is 36.5 Å². The summed E-state index contributed by atoms with van der Waals surface area (Å²) in [5.41, 5.74) is 0. The monoisotopic (exact) mass is 1030 g/mol. The molecule has 0 amide bonds. The molecule has 15 nitrogen and oxygen atoms in total. The van der Waals surface area contributed by atoms with Gasteiger partial charge in [0.2, 0.25) is 0 Å².